The van der Waals surface area contributed by atoms with Gasteiger partial charge >= 0.3 is 0 Å². The summed E-state index contributed by atoms with van der Waals surface area (Å²) < 4.78 is 0. The van der Waals surface area contributed by atoms with Crippen molar-refractivity contribution in [3.8, 4) is 0 Å². The third-order valence-electron chi connectivity index (χ3n) is 3.81. The first-order valence-corrected chi connectivity index (χ1v) is 9.16. The molecule has 0 amide bonds. The van der Waals surface area contributed by atoms with E-state index >= 15 is 0 Å². The summed E-state index contributed by atoms with van der Waals surface area (Å²) >= 11 is 1.84. The van der Waals surface area contributed by atoms with Gasteiger partial charge in [0.2, 0.25) is 0 Å². The molecule has 2 rings (SSSR count). The van der Waals surface area contributed by atoms with Crippen molar-refractivity contribution in [1.82, 2.24) is 0 Å². The van der Waals surface area contributed by atoms with Gasteiger partial charge in [0.25, 0.3) is 0 Å². The summed E-state index contributed by atoms with van der Waals surface area (Å²) in [6.07, 6.45) is 1.72. The fourth-order valence-corrected chi connectivity index (χ4v) is 3.52. The van der Waals surface area contributed by atoms with Crippen LogP contribution in [0.3, 0.4) is 0 Å². The largest absolute Gasteiger partial charge is 0.161 e. The molecular weight excluding hydrogens is 332 g/mol. The topological polar surface area (TPSA) is 97.5 Å². The smallest absolute Gasteiger partial charge is 0.0407 e. The molecule has 0 spiro atoms. The summed E-state index contributed by atoms with van der Waals surface area (Å²) in [6.45, 7) is 4.07. The lowest BCUT2D eigenvalue weighted by molar-refractivity contribution is 1.11. The predicted molar refractivity (Wildman–Crippen MR) is 105 cm³/mol. The highest BCUT2D eigenvalue weighted by Crippen LogP contribution is 2.25. The minimum atomic E-state index is 0.707. The Hall–Kier alpha value is -2.59. The molecule has 0 bridgehead atoms. The molecule has 0 saturated carbocycles. The minimum absolute atomic E-state index is 0.707. The first kappa shape index (κ1) is 18.7. The van der Waals surface area contributed by atoms with Crippen LogP contribution in [0.25, 0.3) is 20.9 Å². The first-order valence-electron chi connectivity index (χ1n) is 8.01. The lowest BCUT2D eigenvalue weighted by atomic mass is 10.1. The van der Waals surface area contributed by atoms with E-state index < -0.39 is 0 Å². The van der Waals surface area contributed by atoms with E-state index in [9.17, 15) is 0 Å². The van der Waals surface area contributed by atoms with Gasteiger partial charge in [-0.05, 0) is 60.4 Å². The van der Waals surface area contributed by atoms with Crippen LogP contribution in [0.2, 0.25) is 0 Å². The van der Waals surface area contributed by atoms with Crippen LogP contribution >= 0.6 is 11.8 Å². The molecule has 2 aromatic carbocycles. The number of rotatable bonds is 8. The second-order valence-electron chi connectivity index (χ2n) is 5.76. The van der Waals surface area contributed by atoms with Crippen LogP contribution in [0, 0.1) is 13.8 Å². The Morgan fingerprint density at radius 2 is 1.24 bits per heavy atom. The van der Waals surface area contributed by atoms with Crippen molar-refractivity contribution in [3.05, 3.63) is 79.5 Å². The van der Waals surface area contributed by atoms with Crippen molar-refractivity contribution < 1.29 is 0 Å². The maximum absolute atomic E-state index is 8.66. The molecule has 0 aliphatic rings. The van der Waals surface area contributed by atoms with Gasteiger partial charge in [0.15, 0.2) is 0 Å². The summed E-state index contributed by atoms with van der Waals surface area (Å²) in [5.41, 5.74) is 23.2. The Labute approximate surface area is 151 Å². The summed E-state index contributed by atoms with van der Waals surface area (Å²) in [5.74, 6) is 1.89. The van der Waals surface area contributed by atoms with Crippen LogP contribution < -0.4 is 0 Å². The molecule has 0 saturated heterocycles. The molecule has 0 fully saturated rings. The van der Waals surface area contributed by atoms with Crippen LogP contribution in [0.1, 0.15) is 22.3 Å². The van der Waals surface area contributed by atoms with Crippen LogP contribution in [0.15, 0.2) is 46.6 Å². The number of aryl methyl sites for hydroxylation is 4. The SMILES string of the molecule is Cc1ccc(N=[N+]=[N-])c(CCSCCc2cc(C)ccc2N=[N+]=[N-])c1. The van der Waals surface area contributed by atoms with Gasteiger partial charge in [-0.25, -0.2) is 0 Å². The van der Waals surface area contributed by atoms with Crippen molar-refractivity contribution >= 4 is 23.1 Å². The Morgan fingerprint density at radius 1 is 0.800 bits per heavy atom. The third kappa shape index (κ3) is 5.76. The van der Waals surface area contributed by atoms with Crippen LogP contribution in [-0.4, -0.2) is 11.5 Å². The zero-order valence-electron chi connectivity index (χ0n) is 14.4. The average molecular weight is 352 g/mol. The predicted octanol–water partition coefficient (Wildman–Crippen LogP) is 6.71. The number of hydrogen-bond acceptors (Lipinski definition) is 3. The second kappa shape index (κ2) is 9.64. The molecule has 0 aliphatic heterocycles. The van der Waals surface area contributed by atoms with E-state index in [1.54, 1.807) is 0 Å². The van der Waals surface area contributed by atoms with E-state index in [4.69, 9.17) is 11.1 Å². The highest BCUT2D eigenvalue weighted by atomic mass is 32.2. The van der Waals surface area contributed by atoms with Crippen LogP contribution in [0.5, 0.6) is 0 Å². The Balaban J connectivity index is 1.91. The van der Waals surface area contributed by atoms with E-state index in [2.05, 4.69) is 32.2 Å². The Bertz CT molecular complexity index is 766. The monoisotopic (exact) mass is 352 g/mol. The number of nitrogens with zero attached hydrogens (tertiary/aromatic N) is 6. The van der Waals surface area contributed by atoms with E-state index in [0.29, 0.717) is 11.4 Å². The molecule has 0 atom stereocenters. The van der Waals surface area contributed by atoms with Crippen LogP contribution in [-0.2, 0) is 12.8 Å². The molecule has 128 valence electrons. The van der Waals surface area contributed by atoms with Gasteiger partial charge in [0.1, 0.15) is 0 Å². The van der Waals surface area contributed by atoms with Crippen LogP contribution in [0.4, 0.5) is 11.4 Å². The van der Waals surface area contributed by atoms with E-state index in [1.807, 2.05) is 49.9 Å². The van der Waals surface area contributed by atoms with Gasteiger partial charge in [0.05, 0.1) is 0 Å². The minimum Gasteiger partial charge on any atom is -0.161 e. The van der Waals surface area contributed by atoms with Crippen molar-refractivity contribution in [3.63, 3.8) is 0 Å². The van der Waals surface area contributed by atoms with E-state index in [0.717, 1.165) is 46.6 Å². The van der Waals surface area contributed by atoms with Crippen molar-refractivity contribution in [2.24, 2.45) is 10.2 Å². The third-order valence-corrected chi connectivity index (χ3v) is 4.79. The fraction of sp³-hybridized carbons (Fsp3) is 0.333. The number of hydrogen-bond donors (Lipinski definition) is 0. The maximum Gasteiger partial charge on any atom is 0.0407 e. The summed E-state index contributed by atoms with van der Waals surface area (Å²) in [7, 11) is 0. The first-order chi connectivity index (χ1) is 12.1. The fourth-order valence-electron chi connectivity index (χ4n) is 2.59. The molecule has 0 unspecified atom stereocenters. The van der Waals surface area contributed by atoms with Crippen molar-refractivity contribution in [2.75, 3.05) is 11.5 Å². The standard InChI is InChI=1S/C18H20N6S/c1-13-3-5-17(21-23-19)15(11-13)7-9-25-10-8-16-12-14(2)4-6-18(16)22-24-20/h3-6,11-12H,7-10H2,1-2H3. The molecule has 0 N–H and O–H groups in total. The quantitative estimate of drug-likeness (QED) is 0.224. The van der Waals surface area contributed by atoms with Crippen molar-refractivity contribution in [1.29, 1.82) is 0 Å². The van der Waals surface area contributed by atoms with Gasteiger partial charge in [0, 0.05) is 21.2 Å². The Morgan fingerprint density at radius 3 is 1.64 bits per heavy atom. The normalized spacial score (nSPS) is 10.0. The zero-order valence-corrected chi connectivity index (χ0v) is 15.2. The lowest BCUT2D eigenvalue weighted by Gasteiger charge is -2.08. The molecule has 2 aromatic rings. The highest BCUT2D eigenvalue weighted by Gasteiger charge is 2.04. The number of thioether (sulfide) groups is 1. The van der Waals surface area contributed by atoms with E-state index in [1.165, 1.54) is 0 Å². The molecule has 6 nitrogen and oxygen atoms in total. The summed E-state index contributed by atoms with van der Waals surface area (Å²) in [6, 6.07) is 11.8. The summed E-state index contributed by atoms with van der Waals surface area (Å²) in [4.78, 5) is 5.79. The van der Waals surface area contributed by atoms with E-state index in [-0.39, 0.29) is 0 Å². The molecule has 7 heteroatoms. The molecular formula is C18H20N6S. The molecule has 0 heterocycles. The molecule has 0 radical (unpaired) electrons. The van der Waals surface area contributed by atoms with Gasteiger partial charge < -0.3 is 0 Å². The lowest BCUT2D eigenvalue weighted by Crippen LogP contribution is -1.95. The Kier molecular flexibility index (Phi) is 7.23. The van der Waals surface area contributed by atoms with Gasteiger partial charge in [-0.3, -0.25) is 0 Å². The second-order valence-corrected chi connectivity index (χ2v) is 6.98. The number of benzene rings is 2. The molecule has 0 aliphatic carbocycles. The van der Waals surface area contributed by atoms with Crippen molar-refractivity contribution in [2.45, 2.75) is 26.7 Å². The van der Waals surface area contributed by atoms with Gasteiger partial charge in [-0.2, -0.15) is 11.8 Å². The maximum atomic E-state index is 8.66. The molecule has 25 heavy (non-hydrogen) atoms. The average Bonchev–Trinajstić information content (AvgIpc) is 2.59. The highest BCUT2D eigenvalue weighted by molar-refractivity contribution is 7.99. The molecule has 0 aromatic heterocycles. The summed E-state index contributed by atoms with van der Waals surface area (Å²) in [5, 5.41) is 7.52. The van der Waals surface area contributed by atoms with Gasteiger partial charge in [-0.1, -0.05) is 57.8 Å². The van der Waals surface area contributed by atoms with Gasteiger partial charge in [-0.15, -0.1) is 0 Å². The number of azide groups is 2. The zero-order chi connectivity index (χ0) is 18.1.